The number of nitrogens with zero attached hydrogens (tertiary/aromatic N) is 4. The number of hydrogen-bond donors (Lipinski definition) is 1. The van der Waals surface area contributed by atoms with Crippen LogP contribution >= 0.6 is 0 Å². The second-order valence-corrected chi connectivity index (χ2v) is 6.48. The van der Waals surface area contributed by atoms with Gasteiger partial charge in [0.05, 0.1) is 5.69 Å². The molecule has 2 aromatic heterocycles. The third-order valence-electron chi connectivity index (χ3n) is 4.52. The first-order valence-corrected chi connectivity index (χ1v) is 8.12. The van der Waals surface area contributed by atoms with E-state index in [2.05, 4.69) is 20.4 Å². The van der Waals surface area contributed by atoms with Gasteiger partial charge in [0.2, 0.25) is 5.92 Å². The molecule has 0 spiro atoms. The van der Waals surface area contributed by atoms with Gasteiger partial charge in [-0.25, -0.2) is 18.4 Å². The summed E-state index contributed by atoms with van der Waals surface area (Å²) < 4.78 is 28.1. The van der Waals surface area contributed by atoms with Crippen molar-refractivity contribution < 1.29 is 8.78 Å². The SMILES string of the molecule is FC1(F)CCC(Nc2ccnc(-n3ccc(C4CC4)n3)n2)CC1. The van der Waals surface area contributed by atoms with Gasteiger partial charge >= 0.3 is 0 Å². The fourth-order valence-electron chi connectivity index (χ4n) is 2.98. The summed E-state index contributed by atoms with van der Waals surface area (Å²) in [5.41, 5.74) is 1.08. The van der Waals surface area contributed by atoms with Crippen LogP contribution in [-0.4, -0.2) is 31.7 Å². The Morgan fingerprint density at radius 2 is 1.91 bits per heavy atom. The van der Waals surface area contributed by atoms with Crippen LogP contribution in [0, 0.1) is 0 Å². The Hall–Kier alpha value is -2.05. The molecule has 23 heavy (non-hydrogen) atoms. The standard InChI is InChI=1S/C16H19F2N5/c17-16(18)7-3-12(4-8-16)20-14-5-9-19-15(21-14)23-10-6-13(22-23)11-1-2-11/h5-6,9-12H,1-4,7-8H2,(H,19,20,21). The molecule has 0 saturated heterocycles. The number of anilines is 1. The minimum Gasteiger partial charge on any atom is -0.367 e. The smallest absolute Gasteiger partial charge is 0.252 e. The summed E-state index contributed by atoms with van der Waals surface area (Å²) in [5, 5.41) is 7.76. The van der Waals surface area contributed by atoms with Crippen molar-refractivity contribution in [1.82, 2.24) is 19.7 Å². The second kappa shape index (κ2) is 5.54. The van der Waals surface area contributed by atoms with Crippen LogP contribution in [0.2, 0.25) is 0 Å². The molecule has 2 aromatic rings. The van der Waals surface area contributed by atoms with Gasteiger partial charge in [-0.1, -0.05) is 0 Å². The molecule has 0 atom stereocenters. The van der Waals surface area contributed by atoms with E-state index in [-0.39, 0.29) is 18.9 Å². The number of nitrogens with one attached hydrogen (secondary N) is 1. The van der Waals surface area contributed by atoms with E-state index in [9.17, 15) is 8.78 Å². The maximum absolute atomic E-state index is 13.2. The number of alkyl halides is 2. The van der Waals surface area contributed by atoms with Crippen LogP contribution in [0.5, 0.6) is 0 Å². The largest absolute Gasteiger partial charge is 0.367 e. The van der Waals surface area contributed by atoms with Crippen LogP contribution in [0.15, 0.2) is 24.5 Å². The van der Waals surface area contributed by atoms with Crippen molar-refractivity contribution >= 4 is 5.82 Å². The van der Waals surface area contributed by atoms with Crippen molar-refractivity contribution in [3.05, 3.63) is 30.2 Å². The van der Waals surface area contributed by atoms with Crippen LogP contribution < -0.4 is 5.32 Å². The predicted molar refractivity (Wildman–Crippen MR) is 82.0 cm³/mol. The first-order chi connectivity index (χ1) is 11.1. The Balaban J connectivity index is 1.45. The molecule has 4 rings (SSSR count). The van der Waals surface area contributed by atoms with E-state index in [0.29, 0.717) is 30.5 Å². The summed E-state index contributed by atoms with van der Waals surface area (Å²) in [6, 6.07) is 3.81. The van der Waals surface area contributed by atoms with Gasteiger partial charge in [-0.15, -0.1) is 0 Å². The fourth-order valence-corrected chi connectivity index (χ4v) is 2.98. The molecule has 122 valence electrons. The molecule has 0 aliphatic heterocycles. The first kappa shape index (κ1) is 14.5. The average molecular weight is 319 g/mol. The molecule has 2 fully saturated rings. The van der Waals surface area contributed by atoms with Gasteiger partial charge < -0.3 is 5.32 Å². The van der Waals surface area contributed by atoms with E-state index in [1.807, 2.05) is 12.3 Å². The third kappa shape index (κ3) is 3.33. The van der Waals surface area contributed by atoms with Crippen LogP contribution in [0.1, 0.15) is 50.1 Å². The van der Waals surface area contributed by atoms with Crippen LogP contribution in [-0.2, 0) is 0 Å². The van der Waals surface area contributed by atoms with E-state index in [4.69, 9.17) is 0 Å². The summed E-state index contributed by atoms with van der Waals surface area (Å²) in [4.78, 5) is 8.71. The van der Waals surface area contributed by atoms with E-state index in [1.165, 1.54) is 12.8 Å². The molecule has 5 nitrogen and oxygen atoms in total. The monoisotopic (exact) mass is 319 g/mol. The zero-order valence-corrected chi connectivity index (χ0v) is 12.8. The molecule has 0 aromatic carbocycles. The second-order valence-electron chi connectivity index (χ2n) is 6.48. The van der Waals surface area contributed by atoms with E-state index < -0.39 is 5.92 Å². The van der Waals surface area contributed by atoms with Crippen molar-refractivity contribution in [2.75, 3.05) is 5.32 Å². The summed E-state index contributed by atoms with van der Waals surface area (Å²) in [6.45, 7) is 0. The van der Waals surface area contributed by atoms with Crippen molar-refractivity contribution in [3.63, 3.8) is 0 Å². The van der Waals surface area contributed by atoms with Crippen molar-refractivity contribution in [2.45, 2.75) is 56.4 Å². The third-order valence-corrected chi connectivity index (χ3v) is 4.52. The summed E-state index contributed by atoms with van der Waals surface area (Å²) in [5.74, 6) is -0.762. The highest BCUT2D eigenvalue weighted by Gasteiger charge is 2.35. The minimum atomic E-state index is -2.51. The molecular weight excluding hydrogens is 300 g/mol. The van der Waals surface area contributed by atoms with E-state index in [0.717, 1.165) is 5.69 Å². The molecule has 0 radical (unpaired) electrons. The quantitative estimate of drug-likeness (QED) is 0.936. The van der Waals surface area contributed by atoms with E-state index >= 15 is 0 Å². The number of hydrogen-bond acceptors (Lipinski definition) is 4. The lowest BCUT2D eigenvalue weighted by molar-refractivity contribution is -0.0361. The highest BCUT2D eigenvalue weighted by Crippen LogP contribution is 2.39. The zero-order valence-electron chi connectivity index (χ0n) is 12.8. The van der Waals surface area contributed by atoms with E-state index in [1.54, 1.807) is 16.9 Å². The fraction of sp³-hybridized carbons (Fsp3) is 0.562. The van der Waals surface area contributed by atoms with Gasteiger partial charge in [0.25, 0.3) is 5.95 Å². The molecule has 0 amide bonds. The molecule has 7 heteroatoms. The summed E-state index contributed by atoms with van der Waals surface area (Å²) in [7, 11) is 0. The topological polar surface area (TPSA) is 55.6 Å². The first-order valence-electron chi connectivity index (χ1n) is 8.12. The Kier molecular flexibility index (Phi) is 3.50. The van der Waals surface area contributed by atoms with Gasteiger partial charge in [-0.2, -0.15) is 10.1 Å². The molecule has 1 N–H and O–H groups in total. The molecule has 2 heterocycles. The number of rotatable bonds is 4. The summed E-state index contributed by atoms with van der Waals surface area (Å²) in [6.07, 6.45) is 6.73. The lowest BCUT2D eigenvalue weighted by Crippen LogP contribution is -2.32. The lowest BCUT2D eigenvalue weighted by Gasteiger charge is -2.29. The molecule has 0 bridgehead atoms. The average Bonchev–Trinajstić information content (AvgIpc) is 3.27. The lowest BCUT2D eigenvalue weighted by atomic mass is 9.92. The van der Waals surface area contributed by atoms with Gasteiger partial charge in [-0.05, 0) is 37.8 Å². The van der Waals surface area contributed by atoms with Gasteiger partial charge in [0, 0.05) is 37.2 Å². The zero-order chi connectivity index (χ0) is 15.9. The Labute approximate surface area is 133 Å². The van der Waals surface area contributed by atoms with Gasteiger partial charge in [-0.3, -0.25) is 0 Å². The normalized spacial score (nSPS) is 21.3. The minimum absolute atomic E-state index is 0.0389. The molecule has 2 aliphatic rings. The van der Waals surface area contributed by atoms with Crippen molar-refractivity contribution in [2.24, 2.45) is 0 Å². The van der Waals surface area contributed by atoms with Gasteiger partial charge in [0.15, 0.2) is 0 Å². The maximum Gasteiger partial charge on any atom is 0.252 e. The predicted octanol–water partition coefficient (Wildman–Crippen LogP) is 3.53. The number of halogens is 2. The van der Waals surface area contributed by atoms with Crippen LogP contribution in [0.25, 0.3) is 5.95 Å². The Morgan fingerprint density at radius 3 is 2.65 bits per heavy atom. The molecular formula is C16H19F2N5. The molecule has 2 aliphatic carbocycles. The van der Waals surface area contributed by atoms with Crippen LogP contribution in [0.4, 0.5) is 14.6 Å². The molecule has 0 unspecified atom stereocenters. The highest BCUT2D eigenvalue weighted by molar-refractivity contribution is 5.37. The summed E-state index contributed by atoms with van der Waals surface area (Å²) >= 11 is 0. The van der Waals surface area contributed by atoms with Crippen molar-refractivity contribution in [1.29, 1.82) is 0 Å². The highest BCUT2D eigenvalue weighted by atomic mass is 19.3. The maximum atomic E-state index is 13.2. The van der Waals surface area contributed by atoms with Gasteiger partial charge in [0.1, 0.15) is 5.82 Å². The molecule has 2 saturated carbocycles. The van der Waals surface area contributed by atoms with Crippen molar-refractivity contribution in [3.8, 4) is 5.95 Å². The Morgan fingerprint density at radius 1 is 1.13 bits per heavy atom. The number of aromatic nitrogens is 4. The Bertz CT molecular complexity index is 685. The van der Waals surface area contributed by atoms with Crippen LogP contribution in [0.3, 0.4) is 0 Å².